The van der Waals surface area contributed by atoms with Crippen LogP contribution in [0.1, 0.15) is 52.8 Å². The van der Waals surface area contributed by atoms with Gasteiger partial charge in [-0.15, -0.1) is 0 Å². The van der Waals surface area contributed by atoms with Gasteiger partial charge in [-0.2, -0.15) is 0 Å². The predicted octanol–water partition coefficient (Wildman–Crippen LogP) is 4.93. The lowest BCUT2D eigenvalue weighted by Gasteiger charge is -2.21. The van der Waals surface area contributed by atoms with Crippen molar-refractivity contribution in [2.75, 3.05) is 77.5 Å². The third-order valence-corrected chi connectivity index (χ3v) is 13.2. The minimum atomic E-state index is -2.69. The zero-order valence-electron chi connectivity index (χ0n) is 28.4. The van der Waals surface area contributed by atoms with Crippen LogP contribution in [-0.2, 0) is 4.57 Å². The van der Waals surface area contributed by atoms with Crippen molar-refractivity contribution in [1.82, 2.24) is 9.80 Å². The highest BCUT2D eigenvalue weighted by molar-refractivity contribution is 7.63. The topological polar surface area (TPSA) is 139 Å². The van der Waals surface area contributed by atoms with E-state index in [9.17, 15) is 28.0 Å². The quantitative estimate of drug-likeness (QED) is 0.194. The maximum absolute atomic E-state index is 14.0. The number of hydrogen-bond acceptors (Lipinski definition) is 10. The maximum atomic E-state index is 14.0. The van der Waals surface area contributed by atoms with Gasteiger partial charge in [0, 0.05) is 62.8 Å². The first-order valence-corrected chi connectivity index (χ1v) is 19.4. The lowest BCUT2D eigenvalue weighted by atomic mass is 10.1. The molecule has 15 heteroatoms. The smallest absolute Gasteiger partial charge is 0.256 e. The molecule has 0 bridgehead atoms. The molecule has 2 aromatic rings. The maximum Gasteiger partial charge on any atom is 0.256 e. The largest absolute Gasteiger partial charge is 0.493 e. The van der Waals surface area contributed by atoms with Gasteiger partial charge >= 0.3 is 0 Å². The summed E-state index contributed by atoms with van der Waals surface area (Å²) in [6.45, 7) is 0.995. The normalized spacial score (nSPS) is 23.5. The fraction of sp³-hybridized carbons (Fsp3) is 0.571. The number of nitrogens with one attached hydrogen (secondary N) is 1. The van der Waals surface area contributed by atoms with E-state index in [2.05, 4.69) is 10.3 Å². The standard InChI is InChI=1S/C35H45F2N4O8P/c1-46-30-14-26-28(38-18-24-12-22(36)20-40(24)34(26)43)16-32(30)48-7-4-10-50(45,9-3-6-42)11-5-8-49-33-17-29-27(15-31(33)47-2)35(44)41-21-23(37)13-25(41)19-39-29/h14-18,22-25,39,42H,3-13,19-21H2,1-2H3/t22?,23?,24-,25-,50?/m0/s1. The molecular formula is C35H45F2N4O8P. The number of hydrogen-bond donors (Lipinski definition) is 2. The molecule has 5 atom stereocenters. The number of aliphatic hydroxyl groups is 1. The van der Waals surface area contributed by atoms with Crippen LogP contribution in [0, 0.1) is 0 Å². The van der Waals surface area contributed by atoms with E-state index in [0.29, 0.717) is 96.2 Å². The summed E-state index contributed by atoms with van der Waals surface area (Å²) in [7, 11) is 0.270. The Morgan fingerprint density at radius 3 is 2.12 bits per heavy atom. The molecule has 4 aliphatic rings. The molecule has 2 aromatic carbocycles. The van der Waals surface area contributed by atoms with Crippen LogP contribution < -0.4 is 24.3 Å². The van der Waals surface area contributed by atoms with Crippen molar-refractivity contribution in [1.29, 1.82) is 0 Å². The number of methoxy groups -OCH3 is 2. The highest BCUT2D eigenvalue weighted by Crippen LogP contribution is 2.48. The van der Waals surface area contributed by atoms with Gasteiger partial charge in [-0.25, -0.2) is 8.78 Å². The fourth-order valence-corrected chi connectivity index (χ4v) is 10.0. The first kappa shape index (κ1) is 35.9. The number of carbonyl (C=O) groups excluding carboxylic acids is 2. The lowest BCUT2D eigenvalue weighted by molar-refractivity contribution is 0.0740. The number of alkyl halides is 2. The van der Waals surface area contributed by atoms with Gasteiger partial charge in [-0.3, -0.25) is 14.6 Å². The Kier molecular flexibility index (Phi) is 11.2. The number of aliphatic imine (C=N–C) groups is 1. The molecule has 0 radical (unpaired) electrons. The minimum Gasteiger partial charge on any atom is -0.493 e. The Hall–Kier alpha value is -3.90. The molecule has 2 fully saturated rings. The number of benzene rings is 2. The van der Waals surface area contributed by atoms with Crippen LogP contribution in [0.4, 0.5) is 20.2 Å². The van der Waals surface area contributed by atoms with Gasteiger partial charge in [0.15, 0.2) is 23.0 Å². The monoisotopic (exact) mass is 718 g/mol. The molecule has 2 saturated heterocycles. The van der Waals surface area contributed by atoms with Gasteiger partial charge in [-0.05, 0) is 31.4 Å². The number of rotatable bonds is 15. The van der Waals surface area contributed by atoms with E-state index in [4.69, 9.17) is 18.9 Å². The summed E-state index contributed by atoms with van der Waals surface area (Å²) >= 11 is 0. The average Bonchev–Trinajstić information content (AvgIpc) is 3.62. The molecule has 0 spiro atoms. The third-order valence-electron chi connectivity index (χ3n) is 9.80. The number of halogens is 2. The molecule has 3 unspecified atom stereocenters. The zero-order chi connectivity index (χ0) is 35.4. The van der Waals surface area contributed by atoms with Gasteiger partial charge in [0.05, 0.1) is 82.3 Å². The Morgan fingerprint density at radius 2 is 1.44 bits per heavy atom. The summed E-state index contributed by atoms with van der Waals surface area (Å²) in [4.78, 5) is 33.8. The van der Waals surface area contributed by atoms with Crippen molar-refractivity contribution in [2.24, 2.45) is 4.99 Å². The van der Waals surface area contributed by atoms with E-state index in [1.54, 1.807) is 35.4 Å². The van der Waals surface area contributed by atoms with Crippen molar-refractivity contribution in [3.8, 4) is 23.0 Å². The van der Waals surface area contributed by atoms with E-state index in [1.165, 1.54) is 19.1 Å². The number of nitrogens with zero attached hydrogens (tertiary/aromatic N) is 3. The first-order chi connectivity index (χ1) is 24.1. The van der Waals surface area contributed by atoms with Crippen molar-refractivity contribution in [3.63, 3.8) is 0 Å². The van der Waals surface area contributed by atoms with Crippen molar-refractivity contribution >= 4 is 36.5 Å². The molecular weight excluding hydrogens is 673 g/mol. The summed E-state index contributed by atoms with van der Waals surface area (Å²) in [5.41, 5.74) is 1.75. The number of anilines is 1. The van der Waals surface area contributed by atoms with Gasteiger partial charge in [0.1, 0.15) is 12.3 Å². The van der Waals surface area contributed by atoms with Crippen molar-refractivity contribution in [3.05, 3.63) is 35.4 Å². The molecule has 4 aliphatic heterocycles. The lowest BCUT2D eigenvalue weighted by Crippen LogP contribution is -2.37. The van der Waals surface area contributed by atoms with Crippen molar-refractivity contribution in [2.45, 2.75) is 56.5 Å². The summed E-state index contributed by atoms with van der Waals surface area (Å²) in [5.74, 6) is 1.04. The van der Waals surface area contributed by atoms with Crippen LogP contribution >= 0.6 is 7.14 Å². The third kappa shape index (κ3) is 7.71. The molecule has 6 rings (SSSR count). The molecule has 4 heterocycles. The van der Waals surface area contributed by atoms with Crippen LogP contribution in [0.3, 0.4) is 0 Å². The minimum absolute atomic E-state index is 0.0307. The van der Waals surface area contributed by atoms with Crippen LogP contribution in [-0.4, -0.2) is 130 Å². The van der Waals surface area contributed by atoms with Gasteiger partial charge in [0.25, 0.3) is 11.8 Å². The number of fused-ring (bicyclic) bond motifs is 4. The summed E-state index contributed by atoms with van der Waals surface area (Å²) in [6, 6.07) is 5.95. The predicted molar refractivity (Wildman–Crippen MR) is 185 cm³/mol. The second-order valence-electron chi connectivity index (χ2n) is 13.2. The van der Waals surface area contributed by atoms with Crippen LogP contribution in [0.2, 0.25) is 0 Å². The van der Waals surface area contributed by atoms with E-state index in [0.717, 1.165) is 0 Å². The summed E-state index contributed by atoms with van der Waals surface area (Å²) in [5, 5.41) is 12.7. The van der Waals surface area contributed by atoms with Crippen LogP contribution in [0.5, 0.6) is 23.0 Å². The second kappa shape index (κ2) is 15.6. The van der Waals surface area contributed by atoms with E-state index in [-0.39, 0.29) is 57.2 Å². The Labute approximate surface area is 290 Å². The highest BCUT2D eigenvalue weighted by atomic mass is 31.2. The molecule has 2 N–H and O–H groups in total. The molecule has 0 saturated carbocycles. The van der Waals surface area contributed by atoms with E-state index in [1.807, 2.05) is 0 Å². The fourth-order valence-electron chi connectivity index (χ4n) is 7.21. The van der Waals surface area contributed by atoms with Gasteiger partial charge < -0.3 is 43.7 Å². The van der Waals surface area contributed by atoms with E-state index < -0.39 is 25.5 Å². The first-order valence-electron chi connectivity index (χ1n) is 17.2. The van der Waals surface area contributed by atoms with Crippen LogP contribution in [0.25, 0.3) is 0 Å². The number of carbonyl (C=O) groups is 2. The molecule has 0 aliphatic carbocycles. The zero-order valence-corrected chi connectivity index (χ0v) is 29.3. The highest BCUT2D eigenvalue weighted by Gasteiger charge is 2.39. The average molecular weight is 719 g/mol. The molecule has 0 aromatic heterocycles. The SMILES string of the molecule is COc1cc2c(cc1OCCCP(=O)(CCCO)CCCOc1cc3c(cc1OC)C(=O)N1CC(F)C[C@H]1CN3)N=C[C@@H]1CC(F)CN1C2=O. The number of ether oxygens (including phenoxy) is 4. The number of aliphatic hydroxyl groups excluding tert-OH is 1. The molecule has 50 heavy (non-hydrogen) atoms. The Balaban J connectivity index is 1.04. The van der Waals surface area contributed by atoms with Crippen LogP contribution in [0.15, 0.2) is 29.3 Å². The van der Waals surface area contributed by atoms with Crippen molar-refractivity contribution < 1.29 is 47.0 Å². The number of amides is 2. The Bertz CT molecular complexity index is 1660. The Morgan fingerprint density at radius 1 is 0.840 bits per heavy atom. The van der Waals surface area contributed by atoms with E-state index >= 15 is 0 Å². The van der Waals surface area contributed by atoms with Gasteiger partial charge in [-0.1, -0.05) is 0 Å². The summed E-state index contributed by atoms with van der Waals surface area (Å²) in [6.07, 6.45) is 2.63. The van der Waals surface area contributed by atoms with Gasteiger partial charge in [0.2, 0.25) is 0 Å². The molecule has 12 nitrogen and oxygen atoms in total. The second-order valence-corrected chi connectivity index (χ2v) is 16.7. The summed E-state index contributed by atoms with van der Waals surface area (Å²) < 4.78 is 65.1. The molecule has 2 amide bonds. The molecule has 272 valence electrons.